The molecule has 1 N–H and O–H groups in total. The normalized spacial score (nSPS) is 7.67. The van der Waals surface area contributed by atoms with Crippen molar-refractivity contribution in [1.29, 1.82) is 0 Å². The first-order valence-electron chi connectivity index (χ1n) is 2.67. The van der Waals surface area contributed by atoms with Gasteiger partial charge in [-0.05, 0) is 0 Å². The van der Waals surface area contributed by atoms with Crippen molar-refractivity contribution >= 4 is 0 Å². The molecule has 50 valence electrons. The van der Waals surface area contributed by atoms with E-state index in [1.54, 1.807) is 6.08 Å². The van der Waals surface area contributed by atoms with Crippen LogP contribution in [0.5, 0.6) is 0 Å². The van der Waals surface area contributed by atoms with Crippen molar-refractivity contribution in [2.24, 2.45) is 0 Å². The number of aliphatic hydroxyl groups is 1. The molecule has 0 rings (SSSR count). The first-order chi connectivity index (χ1) is 4.41. The van der Waals surface area contributed by atoms with Crippen molar-refractivity contribution in [2.75, 3.05) is 19.8 Å². The molecule has 0 heterocycles. The first kappa shape index (κ1) is 8.22. The third-order valence-electron chi connectivity index (χ3n) is 0.614. The summed E-state index contributed by atoms with van der Waals surface area (Å²) in [5.74, 6) is 5.05. The van der Waals surface area contributed by atoms with Crippen molar-refractivity contribution in [3.63, 3.8) is 0 Å². The van der Waals surface area contributed by atoms with E-state index in [2.05, 4.69) is 18.4 Å². The SMILES string of the molecule is C=CCOCC#CCO. The molecule has 0 saturated carbocycles. The van der Waals surface area contributed by atoms with Gasteiger partial charge in [-0.2, -0.15) is 0 Å². The average molecular weight is 126 g/mol. The fraction of sp³-hybridized carbons (Fsp3) is 0.429. The molecule has 0 aliphatic heterocycles. The molecule has 0 aliphatic carbocycles. The largest absolute Gasteiger partial charge is 0.384 e. The fourth-order valence-corrected chi connectivity index (χ4v) is 0.300. The van der Waals surface area contributed by atoms with Crippen LogP contribution in [0.15, 0.2) is 12.7 Å². The van der Waals surface area contributed by atoms with Gasteiger partial charge in [-0.25, -0.2) is 0 Å². The standard InChI is InChI=1S/C7H10O2/c1-2-6-9-7-4-3-5-8/h2,8H,1,5-7H2. The van der Waals surface area contributed by atoms with Crippen LogP contribution in [0, 0.1) is 11.8 Å². The Labute approximate surface area is 55.1 Å². The second kappa shape index (κ2) is 7.22. The summed E-state index contributed by atoms with van der Waals surface area (Å²) >= 11 is 0. The molecule has 0 amide bonds. The Morgan fingerprint density at radius 3 is 2.89 bits per heavy atom. The highest BCUT2D eigenvalue weighted by atomic mass is 16.5. The Morgan fingerprint density at radius 2 is 2.33 bits per heavy atom. The molecule has 0 spiro atoms. The number of rotatable bonds is 3. The Balaban J connectivity index is 2.98. The first-order valence-corrected chi connectivity index (χ1v) is 2.67. The lowest BCUT2D eigenvalue weighted by Gasteiger charge is -1.89. The lowest BCUT2D eigenvalue weighted by molar-refractivity contribution is 0.199. The lowest BCUT2D eigenvalue weighted by Crippen LogP contribution is -1.90. The van der Waals surface area contributed by atoms with Gasteiger partial charge in [-0.1, -0.05) is 17.9 Å². The fourth-order valence-electron chi connectivity index (χ4n) is 0.300. The van der Waals surface area contributed by atoms with Crippen LogP contribution in [0.1, 0.15) is 0 Å². The van der Waals surface area contributed by atoms with Gasteiger partial charge in [-0.15, -0.1) is 6.58 Å². The summed E-state index contributed by atoms with van der Waals surface area (Å²) in [5.41, 5.74) is 0. The maximum atomic E-state index is 8.17. The highest BCUT2D eigenvalue weighted by molar-refractivity contribution is 4.98. The summed E-state index contributed by atoms with van der Waals surface area (Å²) in [7, 11) is 0. The molecule has 0 bridgehead atoms. The van der Waals surface area contributed by atoms with E-state index in [1.165, 1.54) is 0 Å². The predicted octanol–water partition coefficient (Wildman–Crippen LogP) is 0.185. The third-order valence-corrected chi connectivity index (χ3v) is 0.614. The van der Waals surface area contributed by atoms with Crippen LogP contribution < -0.4 is 0 Å². The van der Waals surface area contributed by atoms with Gasteiger partial charge in [0.2, 0.25) is 0 Å². The minimum Gasteiger partial charge on any atom is -0.384 e. The molecule has 0 aromatic heterocycles. The Kier molecular flexibility index (Phi) is 6.59. The lowest BCUT2D eigenvalue weighted by atomic mass is 10.6. The highest BCUT2D eigenvalue weighted by Gasteiger charge is 1.73. The van der Waals surface area contributed by atoms with Crippen molar-refractivity contribution in [2.45, 2.75) is 0 Å². The van der Waals surface area contributed by atoms with E-state index in [1.807, 2.05) is 0 Å². The van der Waals surface area contributed by atoms with E-state index < -0.39 is 0 Å². The van der Waals surface area contributed by atoms with Gasteiger partial charge in [0.05, 0.1) is 6.61 Å². The topological polar surface area (TPSA) is 29.5 Å². The predicted molar refractivity (Wildman–Crippen MR) is 35.9 cm³/mol. The summed E-state index contributed by atoms with van der Waals surface area (Å²) in [6.07, 6.45) is 1.65. The maximum Gasteiger partial charge on any atom is 0.108 e. The summed E-state index contributed by atoms with van der Waals surface area (Å²) in [4.78, 5) is 0. The zero-order chi connectivity index (χ0) is 6.95. The van der Waals surface area contributed by atoms with E-state index in [4.69, 9.17) is 9.84 Å². The second-order valence-corrected chi connectivity index (χ2v) is 1.32. The van der Waals surface area contributed by atoms with Crippen LogP contribution in [0.25, 0.3) is 0 Å². The summed E-state index contributed by atoms with van der Waals surface area (Å²) in [5, 5.41) is 8.17. The maximum absolute atomic E-state index is 8.17. The highest BCUT2D eigenvalue weighted by Crippen LogP contribution is 1.71. The Hall–Kier alpha value is -0.780. The molecule has 0 aromatic carbocycles. The molecule has 0 fully saturated rings. The van der Waals surface area contributed by atoms with Crippen molar-refractivity contribution < 1.29 is 9.84 Å². The van der Waals surface area contributed by atoms with E-state index in [0.29, 0.717) is 13.2 Å². The van der Waals surface area contributed by atoms with Crippen LogP contribution in [0.3, 0.4) is 0 Å². The molecule has 2 heteroatoms. The molecule has 0 saturated heterocycles. The number of hydrogen-bond donors (Lipinski definition) is 1. The van der Waals surface area contributed by atoms with Gasteiger partial charge in [0, 0.05) is 0 Å². The van der Waals surface area contributed by atoms with E-state index in [-0.39, 0.29) is 6.61 Å². The zero-order valence-corrected chi connectivity index (χ0v) is 5.26. The molecule has 0 atom stereocenters. The van der Waals surface area contributed by atoms with Crippen molar-refractivity contribution in [1.82, 2.24) is 0 Å². The third kappa shape index (κ3) is 7.22. The molecule has 9 heavy (non-hydrogen) atoms. The van der Waals surface area contributed by atoms with Crippen LogP contribution in [-0.2, 0) is 4.74 Å². The van der Waals surface area contributed by atoms with Gasteiger partial charge >= 0.3 is 0 Å². The van der Waals surface area contributed by atoms with Gasteiger partial charge in [0.25, 0.3) is 0 Å². The Bertz CT molecular complexity index is 119. The number of ether oxygens (including phenoxy) is 1. The van der Waals surface area contributed by atoms with Crippen LogP contribution in [0.2, 0.25) is 0 Å². The zero-order valence-electron chi connectivity index (χ0n) is 5.26. The van der Waals surface area contributed by atoms with Gasteiger partial charge in [-0.3, -0.25) is 0 Å². The molecule has 0 radical (unpaired) electrons. The van der Waals surface area contributed by atoms with Crippen molar-refractivity contribution in [3.8, 4) is 11.8 Å². The van der Waals surface area contributed by atoms with E-state index in [9.17, 15) is 0 Å². The number of hydrogen-bond acceptors (Lipinski definition) is 2. The molecular weight excluding hydrogens is 116 g/mol. The van der Waals surface area contributed by atoms with Crippen LogP contribution in [0.4, 0.5) is 0 Å². The molecular formula is C7H10O2. The van der Waals surface area contributed by atoms with Crippen molar-refractivity contribution in [3.05, 3.63) is 12.7 Å². The summed E-state index contributed by atoms with van der Waals surface area (Å²) in [6, 6.07) is 0. The summed E-state index contributed by atoms with van der Waals surface area (Å²) in [6.45, 7) is 4.24. The summed E-state index contributed by atoms with van der Waals surface area (Å²) < 4.78 is 4.88. The number of aliphatic hydroxyl groups excluding tert-OH is 1. The molecule has 0 aliphatic rings. The quantitative estimate of drug-likeness (QED) is 0.332. The second-order valence-electron chi connectivity index (χ2n) is 1.32. The molecule has 2 nitrogen and oxygen atoms in total. The minimum atomic E-state index is -0.0998. The van der Waals surface area contributed by atoms with E-state index >= 15 is 0 Å². The molecule has 0 aromatic rings. The Morgan fingerprint density at radius 1 is 1.56 bits per heavy atom. The van der Waals surface area contributed by atoms with Gasteiger partial charge < -0.3 is 9.84 Å². The minimum absolute atomic E-state index is 0.0998. The monoisotopic (exact) mass is 126 g/mol. The average Bonchev–Trinajstić information content (AvgIpc) is 1.89. The molecule has 0 unspecified atom stereocenters. The smallest absolute Gasteiger partial charge is 0.108 e. The van der Waals surface area contributed by atoms with Crippen LogP contribution in [-0.4, -0.2) is 24.9 Å². The van der Waals surface area contributed by atoms with E-state index in [0.717, 1.165) is 0 Å². The van der Waals surface area contributed by atoms with Gasteiger partial charge in [0.15, 0.2) is 0 Å². The van der Waals surface area contributed by atoms with Crippen LogP contribution >= 0.6 is 0 Å². The van der Waals surface area contributed by atoms with Gasteiger partial charge in [0.1, 0.15) is 13.2 Å².